The van der Waals surface area contributed by atoms with E-state index in [2.05, 4.69) is 15.3 Å². The van der Waals surface area contributed by atoms with E-state index in [9.17, 15) is 28.3 Å². The average Bonchev–Trinajstić information content (AvgIpc) is 3.54. The number of aliphatic imine (C=N–C) groups is 1. The van der Waals surface area contributed by atoms with Gasteiger partial charge in [-0.05, 0) is 91.9 Å². The Morgan fingerprint density at radius 3 is 2.58 bits per heavy atom. The highest BCUT2D eigenvalue weighted by Gasteiger charge is 2.29. The molecule has 2 aromatic heterocycles. The molecule has 2 aliphatic heterocycles. The van der Waals surface area contributed by atoms with Crippen LogP contribution in [0.25, 0.3) is 27.8 Å². The summed E-state index contributed by atoms with van der Waals surface area (Å²) in [7, 11) is 5.21. The molecule has 1 fully saturated rings. The molecule has 12 nitrogen and oxygen atoms in total. The number of phenolic OH excluding ortho intramolecular Hbond substituents is 1. The van der Waals surface area contributed by atoms with Gasteiger partial charge in [0.2, 0.25) is 5.91 Å². The van der Waals surface area contributed by atoms with E-state index in [0.717, 1.165) is 34.8 Å². The number of benzene rings is 2. The third-order valence-electron chi connectivity index (χ3n) is 10.1. The monoisotopic (exact) mass is 724 g/mol. The maximum Gasteiger partial charge on any atom is 0.337 e. The first-order valence-electron chi connectivity index (χ1n) is 17.7. The van der Waals surface area contributed by atoms with Crippen LogP contribution in [-0.4, -0.2) is 98.5 Å². The molecule has 276 valence electrons. The number of amides is 1. The highest BCUT2D eigenvalue weighted by atomic mass is 19.1. The van der Waals surface area contributed by atoms with Gasteiger partial charge in [-0.25, -0.2) is 23.1 Å². The number of carbonyl (C=O) groups is 1. The van der Waals surface area contributed by atoms with Gasteiger partial charge >= 0.3 is 5.69 Å². The van der Waals surface area contributed by atoms with E-state index in [1.807, 2.05) is 22.9 Å². The van der Waals surface area contributed by atoms with E-state index in [1.165, 1.54) is 26.3 Å². The number of nitrogens with one attached hydrogen (secondary N) is 1. The van der Waals surface area contributed by atoms with Gasteiger partial charge in [-0.1, -0.05) is 18.2 Å². The van der Waals surface area contributed by atoms with Crippen LogP contribution in [0.4, 0.5) is 8.78 Å². The largest absolute Gasteiger partial charge is 0.508 e. The maximum atomic E-state index is 14.6. The Hall–Kier alpha value is -5.47. The number of aromatic hydroxyl groups is 1. The number of carbonyl (C=O) groups excluding carboxylic acids is 1. The van der Waals surface area contributed by atoms with Gasteiger partial charge in [-0.3, -0.25) is 24.0 Å². The standard InChI is InChI=1S/C39H42F2N8O4/c1-45(2)36(51)23-46(3)20-25-16-32(50)12-13-33(25)24-5-4-6-31(15-24)48-37-34(17-27(41)18-43-37)38(52)49(39(48)53)30-10-8-28(9-11-30)42-19-29-22-47-21-26(40)7-14-35(47)44-29/h4-7,12-18,21,28-30,42,50H,8-11,19-20,22-23H2,1-3H3. The van der Waals surface area contributed by atoms with Gasteiger partial charge in [0, 0.05) is 52.0 Å². The van der Waals surface area contributed by atoms with Crippen molar-refractivity contribution < 1.29 is 18.7 Å². The van der Waals surface area contributed by atoms with Crippen molar-refractivity contribution in [3.8, 4) is 22.6 Å². The van der Waals surface area contributed by atoms with E-state index >= 15 is 0 Å². The topological polar surface area (TPSA) is 128 Å². The quantitative estimate of drug-likeness (QED) is 0.250. The molecule has 1 atom stereocenters. The van der Waals surface area contributed by atoms with E-state index in [1.54, 1.807) is 56.6 Å². The van der Waals surface area contributed by atoms with E-state index in [0.29, 0.717) is 51.0 Å². The number of allylic oxidation sites excluding steroid dienone is 2. The molecule has 0 saturated heterocycles. The molecule has 1 saturated carbocycles. The van der Waals surface area contributed by atoms with Gasteiger partial charge in [0.1, 0.15) is 23.2 Å². The Morgan fingerprint density at radius 1 is 1.02 bits per heavy atom. The number of aromatic nitrogens is 3. The molecule has 7 rings (SSSR count). The van der Waals surface area contributed by atoms with Crippen LogP contribution in [-0.2, 0) is 11.3 Å². The van der Waals surface area contributed by atoms with E-state index in [-0.39, 0.29) is 47.1 Å². The first kappa shape index (κ1) is 35.9. The first-order chi connectivity index (χ1) is 25.4. The number of fused-ring (bicyclic) bond motifs is 2. The van der Waals surface area contributed by atoms with Crippen molar-refractivity contribution in [2.45, 2.75) is 50.4 Å². The molecule has 1 aliphatic carbocycles. The number of likely N-dealkylation sites (N-methyl/N-ethyl adjacent to an activating group) is 2. The normalized spacial score (nSPS) is 19.7. The minimum Gasteiger partial charge on any atom is -0.508 e. The average molecular weight is 725 g/mol. The van der Waals surface area contributed by atoms with Crippen molar-refractivity contribution in [1.29, 1.82) is 0 Å². The Kier molecular flexibility index (Phi) is 10.1. The van der Waals surface area contributed by atoms with Crippen LogP contribution < -0.4 is 16.6 Å². The smallest absolute Gasteiger partial charge is 0.337 e. The number of hydrogen-bond donors (Lipinski definition) is 2. The predicted molar refractivity (Wildman–Crippen MR) is 199 cm³/mol. The molecule has 53 heavy (non-hydrogen) atoms. The summed E-state index contributed by atoms with van der Waals surface area (Å²) in [4.78, 5) is 54.8. The zero-order valence-corrected chi connectivity index (χ0v) is 29.9. The number of rotatable bonds is 10. The van der Waals surface area contributed by atoms with Gasteiger partial charge in [-0.15, -0.1) is 0 Å². The zero-order chi connectivity index (χ0) is 37.4. The van der Waals surface area contributed by atoms with Crippen molar-refractivity contribution >= 4 is 22.8 Å². The minimum atomic E-state index is -0.681. The van der Waals surface area contributed by atoms with Crippen LogP contribution in [0, 0.1) is 5.82 Å². The lowest BCUT2D eigenvalue weighted by molar-refractivity contribution is -0.129. The summed E-state index contributed by atoms with van der Waals surface area (Å²) >= 11 is 0. The molecule has 1 unspecified atom stereocenters. The highest BCUT2D eigenvalue weighted by Crippen LogP contribution is 2.31. The van der Waals surface area contributed by atoms with Crippen molar-refractivity contribution in [2.24, 2.45) is 4.99 Å². The molecule has 1 amide bonds. The third-order valence-corrected chi connectivity index (χ3v) is 10.1. The Bertz CT molecular complexity index is 2270. The van der Waals surface area contributed by atoms with Gasteiger partial charge < -0.3 is 20.2 Å². The lowest BCUT2D eigenvalue weighted by Gasteiger charge is -2.31. The number of hydrogen-bond acceptors (Lipinski definition) is 9. The number of pyridine rings is 1. The zero-order valence-electron chi connectivity index (χ0n) is 29.9. The molecule has 0 spiro atoms. The molecule has 0 bridgehead atoms. The molecular weight excluding hydrogens is 682 g/mol. The molecule has 3 aliphatic rings. The SMILES string of the molecule is CN(CC(=O)N(C)C)Cc1cc(O)ccc1-c1cccc(-n2c(=O)n(C3CCC(NCC4CN5C=C(F)C=CC5=N4)CC3)c(=O)c3cc(F)cnc32)c1. The number of halogens is 2. The summed E-state index contributed by atoms with van der Waals surface area (Å²) in [5.74, 6) is -0.220. The summed E-state index contributed by atoms with van der Waals surface area (Å²) < 4.78 is 30.9. The summed E-state index contributed by atoms with van der Waals surface area (Å²) in [6, 6.07) is 13.1. The lowest BCUT2D eigenvalue weighted by atomic mass is 9.90. The summed E-state index contributed by atoms with van der Waals surface area (Å²) in [6.45, 7) is 1.76. The molecule has 0 radical (unpaired) electrons. The van der Waals surface area contributed by atoms with Gasteiger partial charge in [-0.2, -0.15) is 0 Å². The van der Waals surface area contributed by atoms with Gasteiger partial charge in [0.25, 0.3) is 5.56 Å². The summed E-state index contributed by atoms with van der Waals surface area (Å²) in [5.41, 5.74) is 1.63. The Balaban J connectivity index is 1.16. The lowest BCUT2D eigenvalue weighted by Crippen LogP contribution is -2.45. The second kappa shape index (κ2) is 14.9. The van der Waals surface area contributed by atoms with Crippen LogP contribution in [0.1, 0.15) is 37.3 Å². The maximum absolute atomic E-state index is 14.6. The Labute approximate surface area is 305 Å². The van der Waals surface area contributed by atoms with E-state index < -0.39 is 23.1 Å². The van der Waals surface area contributed by atoms with Crippen LogP contribution >= 0.6 is 0 Å². The Morgan fingerprint density at radius 2 is 1.81 bits per heavy atom. The summed E-state index contributed by atoms with van der Waals surface area (Å²) in [5, 5.41) is 13.9. The van der Waals surface area contributed by atoms with Gasteiger partial charge in [0.15, 0.2) is 5.65 Å². The third kappa shape index (κ3) is 7.55. The molecule has 4 heterocycles. The molecule has 2 aromatic carbocycles. The van der Waals surface area contributed by atoms with Crippen molar-refractivity contribution in [3.05, 3.63) is 111 Å². The van der Waals surface area contributed by atoms with Crippen molar-refractivity contribution in [3.63, 3.8) is 0 Å². The first-order valence-corrected chi connectivity index (χ1v) is 17.7. The van der Waals surface area contributed by atoms with Crippen LogP contribution in [0.3, 0.4) is 0 Å². The minimum absolute atomic E-state index is 0.00380. The van der Waals surface area contributed by atoms with Crippen LogP contribution in [0.2, 0.25) is 0 Å². The second-order valence-electron chi connectivity index (χ2n) is 14.2. The summed E-state index contributed by atoms with van der Waals surface area (Å²) in [6.07, 6.45) is 8.08. The van der Waals surface area contributed by atoms with Crippen molar-refractivity contribution in [1.82, 2.24) is 34.1 Å². The van der Waals surface area contributed by atoms with Gasteiger partial charge in [0.05, 0.1) is 29.9 Å². The van der Waals surface area contributed by atoms with Crippen molar-refractivity contribution in [2.75, 3.05) is 40.8 Å². The molecule has 2 N–H and O–H groups in total. The van der Waals surface area contributed by atoms with Crippen LogP contribution in [0.5, 0.6) is 5.75 Å². The number of nitrogens with zero attached hydrogens (tertiary/aromatic N) is 7. The second-order valence-corrected chi connectivity index (χ2v) is 14.2. The fourth-order valence-corrected chi connectivity index (χ4v) is 7.44. The fourth-order valence-electron chi connectivity index (χ4n) is 7.44. The number of phenols is 1. The fraction of sp³-hybridized carbons (Fsp3) is 0.359. The molecule has 4 aromatic rings. The predicted octanol–water partition coefficient (Wildman–Crippen LogP) is 4.12. The van der Waals surface area contributed by atoms with Crippen LogP contribution in [0.15, 0.2) is 93.5 Å². The highest BCUT2D eigenvalue weighted by molar-refractivity contribution is 5.96. The number of amidine groups is 1. The molecule has 14 heteroatoms. The van der Waals surface area contributed by atoms with E-state index in [4.69, 9.17) is 0 Å². The molecular formula is C39H42F2N8O4.